The molecule has 2 aliphatic rings. The van der Waals surface area contributed by atoms with Crippen molar-refractivity contribution in [1.29, 1.82) is 0 Å². The minimum atomic E-state index is 0.325. The number of aryl methyl sites for hydroxylation is 2. The summed E-state index contributed by atoms with van der Waals surface area (Å²) in [4.78, 5) is 14.4. The topological polar surface area (TPSA) is 32.3 Å². The molecule has 3 heterocycles. The molecule has 0 N–H and O–H groups in total. The van der Waals surface area contributed by atoms with Gasteiger partial charge in [0.05, 0.1) is 6.20 Å². The van der Waals surface area contributed by atoms with Crippen molar-refractivity contribution in [3.8, 4) is 11.4 Å². The van der Waals surface area contributed by atoms with Gasteiger partial charge in [0.1, 0.15) is 11.9 Å². The molecular formula is C21H20N4. The fourth-order valence-corrected chi connectivity index (χ4v) is 4.06. The second kappa shape index (κ2) is 5.31. The number of benzene rings is 2. The molecular weight excluding hydrogens is 308 g/mol. The summed E-state index contributed by atoms with van der Waals surface area (Å²) >= 11 is 0. The molecule has 0 spiro atoms. The van der Waals surface area contributed by atoms with Gasteiger partial charge in [-0.05, 0) is 37.0 Å². The lowest BCUT2D eigenvalue weighted by Gasteiger charge is -2.35. The Balaban J connectivity index is 1.69. The average molecular weight is 328 g/mol. The highest BCUT2D eigenvalue weighted by Gasteiger charge is 2.39. The molecule has 1 unspecified atom stereocenters. The molecule has 0 saturated heterocycles. The van der Waals surface area contributed by atoms with Crippen molar-refractivity contribution < 1.29 is 0 Å². The fourth-order valence-electron chi connectivity index (χ4n) is 4.06. The molecule has 0 bridgehead atoms. The maximum absolute atomic E-state index is 4.99. The molecule has 0 amide bonds. The smallest absolute Gasteiger partial charge is 0.162 e. The Labute approximate surface area is 147 Å². The van der Waals surface area contributed by atoms with Crippen LogP contribution < -0.4 is 9.80 Å². The zero-order valence-corrected chi connectivity index (χ0v) is 14.5. The summed E-state index contributed by atoms with van der Waals surface area (Å²) in [6.45, 7) is 2.11. The van der Waals surface area contributed by atoms with Gasteiger partial charge in [0, 0.05) is 18.3 Å². The van der Waals surface area contributed by atoms with Crippen molar-refractivity contribution in [2.24, 2.45) is 0 Å². The van der Waals surface area contributed by atoms with Crippen molar-refractivity contribution in [3.05, 3.63) is 65.9 Å². The van der Waals surface area contributed by atoms with Crippen LogP contribution in [0.4, 0.5) is 17.2 Å². The number of fused-ring (bicyclic) bond motifs is 5. The summed E-state index contributed by atoms with van der Waals surface area (Å²) in [6, 6.07) is 17.0. The first kappa shape index (κ1) is 14.5. The lowest BCUT2D eigenvalue weighted by atomic mass is 10.00. The van der Waals surface area contributed by atoms with E-state index in [-0.39, 0.29) is 0 Å². The summed E-state index contributed by atoms with van der Waals surface area (Å²) in [7, 11) is 2.15. The van der Waals surface area contributed by atoms with Gasteiger partial charge in [-0.15, -0.1) is 0 Å². The quantitative estimate of drug-likeness (QED) is 0.666. The first-order chi connectivity index (χ1) is 12.2. The van der Waals surface area contributed by atoms with E-state index in [1.54, 1.807) is 0 Å². The molecule has 4 heteroatoms. The Morgan fingerprint density at radius 3 is 2.68 bits per heavy atom. The second-order valence-electron chi connectivity index (χ2n) is 6.85. The molecule has 5 rings (SSSR count). The highest BCUT2D eigenvalue weighted by molar-refractivity contribution is 5.83. The van der Waals surface area contributed by atoms with Crippen LogP contribution >= 0.6 is 0 Å². The summed E-state index contributed by atoms with van der Waals surface area (Å²) in [5.41, 5.74) is 6.08. The molecule has 0 saturated carbocycles. The van der Waals surface area contributed by atoms with Crippen molar-refractivity contribution in [2.45, 2.75) is 25.9 Å². The lowest BCUT2D eigenvalue weighted by molar-refractivity contribution is 0.587. The number of hydrogen-bond acceptors (Lipinski definition) is 4. The van der Waals surface area contributed by atoms with Gasteiger partial charge in [-0.25, -0.2) is 9.97 Å². The standard InChI is InChI=1S/C21H20N4/c1-14-7-3-5-9-16(14)20-22-13-18-21(23-20)25-17-10-6-4-8-15(17)11-12-19(25)24(18)2/h3-10,13,19H,11-12H2,1-2H3. The Morgan fingerprint density at radius 1 is 1.00 bits per heavy atom. The second-order valence-corrected chi connectivity index (χ2v) is 6.85. The van der Waals surface area contributed by atoms with E-state index in [2.05, 4.69) is 71.2 Å². The van der Waals surface area contributed by atoms with Gasteiger partial charge in [-0.1, -0.05) is 42.5 Å². The predicted molar refractivity (Wildman–Crippen MR) is 101 cm³/mol. The van der Waals surface area contributed by atoms with Gasteiger partial charge in [0.25, 0.3) is 0 Å². The molecule has 124 valence electrons. The van der Waals surface area contributed by atoms with Crippen LogP contribution in [0, 0.1) is 6.92 Å². The zero-order chi connectivity index (χ0) is 17.0. The molecule has 3 aromatic rings. The van der Waals surface area contributed by atoms with Gasteiger partial charge in [-0.3, -0.25) is 0 Å². The summed E-state index contributed by atoms with van der Waals surface area (Å²) in [5.74, 6) is 1.82. The third kappa shape index (κ3) is 2.07. The fraction of sp³-hybridized carbons (Fsp3) is 0.238. The maximum Gasteiger partial charge on any atom is 0.162 e. The minimum absolute atomic E-state index is 0.325. The number of para-hydroxylation sites is 1. The van der Waals surface area contributed by atoms with E-state index in [4.69, 9.17) is 4.98 Å². The van der Waals surface area contributed by atoms with Gasteiger partial charge in [-0.2, -0.15) is 0 Å². The number of rotatable bonds is 1. The van der Waals surface area contributed by atoms with Gasteiger partial charge in [0.2, 0.25) is 0 Å². The molecule has 4 nitrogen and oxygen atoms in total. The van der Waals surface area contributed by atoms with Crippen molar-refractivity contribution >= 4 is 17.2 Å². The molecule has 2 aromatic carbocycles. The Kier molecular flexibility index (Phi) is 3.07. The molecule has 2 aliphatic heterocycles. The molecule has 25 heavy (non-hydrogen) atoms. The first-order valence-electron chi connectivity index (χ1n) is 8.77. The highest BCUT2D eigenvalue weighted by atomic mass is 15.4. The SMILES string of the molecule is Cc1ccccc1-c1ncc2c(n1)N1c3ccccc3CCC1N2C. The van der Waals surface area contributed by atoms with E-state index in [9.17, 15) is 0 Å². The van der Waals surface area contributed by atoms with Crippen LogP contribution in [-0.2, 0) is 6.42 Å². The summed E-state index contributed by atoms with van der Waals surface area (Å²) in [6.07, 6.45) is 4.51. The maximum atomic E-state index is 4.99. The van der Waals surface area contributed by atoms with Crippen LogP contribution in [0.2, 0.25) is 0 Å². The predicted octanol–water partition coefficient (Wildman–Crippen LogP) is 4.31. The van der Waals surface area contributed by atoms with Crippen molar-refractivity contribution in [2.75, 3.05) is 16.8 Å². The Hall–Kier alpha value is -2.88. The van der Waals surface area contributed by atoms with Crippen LogP contribution in [0.1, 0.15) is 17.5 Å². The third-order valence-corrected chi connectivity index (χ3v) is 5.41. The third-order valence-electron chi connectivity index (χ3n) is 5.41. The zero-order valence-electron chi connectivity index (χ0n) is 14.5. The van der Waals surface area contributed by atoms with E-state index in [1.165, 1.54) is 16.8 Å². The molecule has 1 aromatic heterocycles. The van der Waals surface area contributed by atoms with E-state index in [0.29, 0.717) is 6.17 Å². The molecule has 0 radical (unpaired) electrons. The Morgan fingerprint density at radius 2 is 1.80 bits per heavy atom. The molecule has 0 fully saturated rings. The number of hydrogen-bond donors (Lipinski definition) is 0. The number of nitrogens with zero attached hydrogens (tertiary/aromatic N) is 4. The summed E-state index contributed by atoms with van der Waals surface area (Å²) < 4.78 is 0. The molecule has 0 aliphatic carbocycles. The van der Waals surface area contributed by atoms with Crippen LogP contribution in [0.25, 0.3) is 11.4 Å². The van der Waals surface area contributed by atoms with Crippen LogP contribution in [-0.4, -0.2) is 23.2 Å². The van der Waals surface area contributed by atoms with E-state index in [0.717, 1.165) is 35.7 Å². The van der Waals surface area contributed by atoms with Crippen LogP contribution in [0.3, 0.4) is 0 Å². The Bertz CT molecular complexity index is 966. The van der Waals surface area contributed by atoms with E-state index in [1.807, 2.05) is 12.3 Å². The van der Waals surface area contributed by atoms with E-state index < -0.39 is 0 Å². The monoisotopic (exact) mass is 328 g/mol. The van der Waals surface area contributed by atoms with Crippen molar-refractivity contribution in [1.82, 2.24) is 9.97 Å². The highest BCUT2D eigenvalue weighted by Crippen LogP contribution is 2.47. The van der Waals surface area contributed by atoms with Gasteiger partial charge < -0.3 is 9.80 Å². The number of aromatic nitrogens is 2. The van der Waals surface area contributed by atoms with Crippen molar-refractivity contribution in [3.63, 3.8) is 0 Å². The average Bonchev–Trinajstić information content (AvgIpc) is 2.94. The van der Waals surface area contributed by atoms with Crippen LogP contribution in [0.15, 0.2) is 54.7 Å². The number of anilines is 3. The van der Waals surface area contributed by atoms with Gasteiger partial charge in [0.15, 0.2) is 11.6 Å². The first-order valence-corrected chi connectivity index (χ1v) is 8.77. The normalized spacial score (nSPS) is 17.9. The van der Waals surface area contributed by atoms with Gasteiger partial charge >= 0.3 is 0 Å². The molecule has 1 atom stereocenters. The largest absolute Gasteiger partial charge is 0.350 e. The van der Waals surface area contributed by atoms with Crippen LogP contribution in [0.5, 0.6) is 0 Å². The lowest BCUT2D eigenvalue weighted by Crippen LogP contribution is -2.41. The summed E-state index contributed by atoms with van der Waals surface area (Å²) in [5, 5.41) is 0. The van der Waals surface area contributed by atoms with E-state index >= 15 is 0 Å². The minimum Gasteiger partial charge on any atom is -0.350 e.